The maximum absolute atomic E-state index is 12.0. The fourth-order valence-electron chi connectivity index (χ4n) is 1.98. The molecule has 4 heteroatoms. The standard InChI is InChI=1S/C17H26N2OS/c1-12(2)10-19-17(20)13(3)21-16-6-4-5-14(9-16)11-18-15-7-8-15/h4-6,9,12-13,15,18H,7-8,10-11H2,1-3H3,(H,19,20). The van der Waals surface area contributed by atoms with Crippen molar-refractivity contribution in [2.45, 2.75) is 56.3 Å². The van der Waals surface area contributed by atoms with Crippen molar-refractivity contribution in [1.82, 2.24) is 10.6 Å². The van der Waals surface area contributed by atoms with Crippen molar-refractivity contribution >= 4 is 17.7 Å². The van der Waals surface area contributed by atoms with Crippen LogP contribution in [-0.2, 0) is 11.3 Å². The lowest BCUT2D eigenvalue weighted by Crippen LogP contribution is -2.33. The highest BCUT2D eigenvalue weighted by Gasteiger charge is 2.20. The fourth-order valence-corrected chi connectivity index (χ4v) is 2.96. The summed E-state index contributed by atoms with van der Waals surface area (Å²) in [6.07, 6.45) is 2.61. The molecule has 0 spiro atoms. The highest BCUT2D eigenvalue weighted by molar-refractivity contribution is 8.00. The smallest absolute Gasteiger partial charge is 0.233 e. The molecule has 1 unspecified atom stereocenters. The zero-order valence-electron chi connectivity index (χ0n) is 13.2. The van der Waals surface area contributed by atoms with Gasteiger partial charge in [0.25, 0.3) is 0 Å². The van der Waals surface area contributed by atoms with Crippen LogP contribution < -0.4 is 10.6 Å². The van der Waals surface area contributed by atoms with Gasteiger partial charge in [-0.05, 0) is 43.4 Å². The average molecular weight is 306 g/mol. The van der Waals surface area contributed by atoms with Gasteiger partial charge >= 0.3 is 0 Å². The summed E-state index contributed by atoms with van der Waals surface area (Å²) in [6.45, 7) is 7.85. The van der Waals surface area contributed by atoms with Crippen molar-refractivity contribution in [2.75, 3.05) is 6.54 Å². The van der Waals surface area contributed by atoms with E-state index in [-0.39, 0.29) is 11.2 Å². The molecule has 1 aromatic rings. The van der Waals surface area contributed by atoms with Crippen LogP contribution in [0.25, 0.3) is 0 Å². The van der Waals surface area contributed by atoms with Crippen LogP contribution in [0, 0.1) is 5.92 Å². The molecule has 0 aliphatic heterocycles. The number of nitrogens with one attached hydrogen (secondary N) is 2. The van der Waals surface area contributed by atoms with Gasteiger partial charge in [-0.2, -0.15) is 0 Å². The third kappa shape index (κ3) is 6.10. The lowest BCUT2D eigenvalue weighted by Gasteiger charge is -2.14. The second-order valence-electron chi connectivity index (χ2n) is 6.20. The van der Waals surface area contributed by atoms with Crippen LogP contribution in [0.15, 0.2) is 29.2 Å². The van der Waals surface area contributed by atoms with E-state index >= 15 is 0 Å². The first-order chi connectivity index (χ1) is 10.0. The van der Waals surface area contributed by atoms with Crippen molar-refractivity contribution in [2.24, 2.45) is 5.92 Å². The number of hydrogen-bond acceptors (Lipinski definition) is 3. The van der Waals surface area contributed by atoms with Crippen LogP contribution in [0.1, 0.15) is 39.2 Å². The van der Waals surface area contributed by atoms with Crippen molar-refractivity contribution in [3.8, 4) is 0 Å². The summed E-state index contributed by atoms with van der Waals surface area (Å²) in [5.74, 6) is 0.609. The van der Waals surface area contributed by atoms with Crippen LogP contribution >= 0.6 is 11.8 Å². The lowest BCUT2D eigenvalue weighted by atomic mass is 10.2. The molecule has 3 nitrogen and oxygen atoms in total. The molecule has 0 radical (unpaired) electrons. The van der Waals surface area contributed by atoms with E-state index in [0.717, 1.165) is 24.0 Å². The Labute approximate surface area is 132 Å². The van der Waals surface area contributed by atoms with Crippen molar-refractivity contribution in [3.63, 3.8) is 0 Å². The highest BCUT2D eigenvalue weighted by atomic mass is 32.2. The molecule has 0 aromatic heterocycles. The number of carbonyl (C=O) groups excluding carboxylic acids is 1. The third-order valence-corrected chi connectivity index (χ3v) is 4.53. The zero-order valence-corrected chi connectivity index (χ0v) is 14.0. The number of thioether (sulfide) groups is 1. The molecule has 1 amide bonds. The van der Waals surface area contributed by atoms with Gasteiger partial charge in [0.2, 0.25) is 5.91 Å². The molecule has 1 atom stereocenters. The highest BCUT2D eigenvalue weighted by Crippen LogP contribution is 2.25. The van der Waals surface area contributed by atoms with Gasteiger partial charge < -0.3 is 10.6 Å². The van der Waals surface area contributed by atoms with Crippen LogP contribution in [-0.4, -0.2) is 23.7 Å². The number of benzene rings is 1. The molecule has 116 valence electrons. The van der Waals surface area contributed by atoms with Crippen LogP contribution in [0.5, 0.6) is 0 Å². The van der Waals surface area contributed by atoms with E-state index in [9.17, 15) is 4.79 Å². The minimum absolute atomic E-state index is 0.0598. The second-order valence-corrected chi connectivity index (χ2v) is 7.62. The van der Waals surface area contributed by atoms with Crippen LogP contribution in [0.2, 0.25) is 0 Å². The molecule has 2 N–H and O–H groups in total. The quantitative estimate of drug-likeness (QED) is 0.725. The summed E-state index contributed by atoms with van der Waals surface area (Å²) < 4.78 is 0. The summed E-state index contributed by atoms with van der Waals surface area (Å²) in [5, 5.41) is 6.45. The van der Waals surface area contributed by atoms with Gasteiger partial charge in [-0.3, -0.25) is 4.79 Å². The number of carbonyl (C=O) groups is 1. The largest absolute Gasteiger partial charge is 0.355 e. The average Bonchev–Trinajstić information content (AvgIpc) is 3.27. The minimum atomic E-state index is -0.0598. The Morgan fingerprint density at radius 3 is 2.76 bits per heavy atom. The van der Waals surface area contributed by atoms with Gasteiger partial charge in [0.05, 0.1) is 5.25 Å². The molecule has 2 rings (SSSR count). The maximum Gasteiger partial charge on any atom is 0.233 e. The molecule has 1 aromatic carbocycles. The van der Waals surface area contributed by atoms with Gasteiger partial charge in [0.1, 0.15) is 0 Å². The van der Waals surface area contributed by atoms with Gasteiger partial charge in [-0.15, -0.1) is 11.8 Å². The Balaban J connectivity index is 1.82. The normalized spacial score (nSPS) is 16.0. The van der Waals surface area contributed by atoms with Gasteiger partial charge in [-0.1, -0.05) is 26.0 Å². The monoisotopic (exact) mass is 306 g/mol. The molecule has 1 fully saturated rings. The predicted octanol–water partition coefficient (Wildman–Crippen LogP) is 3.19. The Morgan fingerprint density at radius 1 is 1.33 bits per heavy atom. The number of rotatable bonds is 8. The lowest BCUT2D eigenvalue weighted by molar-refractivity contribution is -0.120. The van der Waals surface area contributed by atoms with Gasteiger partial charge in [0.15, 0.2) is 0 Å². The first kappa shape index (κ1) is 16.4. The molecule has 0 saturated heterocycles. The zero-order chi connectivity index (χ0) is 15.2. The second kappa shape index (κ2) is 7.85. The van der Waals surface area contributed by atoms with Gasteiger partial charge in [-0.25, -0.2) is 0 Å². The molecular weight excluding hydrogens is 280 g/mol. The number of amides is 1. The summed E-state index contributed by atoms with van der Waals surface area (Å²) >= 11 is 1.63. The third-order valence-electron chi connectivity index (χ3n) is 3.44. The Bertz CT molecular complexity index is 472. The first-order valence-corrected chi connectivity index (χ1v) is 8.69. The van der Waals surface area contributed by atoms with Crippen molar-refractivity contribution in [3.05, 3.63) is 29.8 Å². The Kier molecular flexibility index (Phi) is 6.12. The molecule has 1 aliphatic carbocycles. The van der Waals surface area contributed by atoms with Gasteiger partial charge in [0, 0.05) is 24.0 Å². The summed E-state index contributed by atoms with van der Waals surface area (Å²) in [7, 11) is 0. The Morgan fingerprint density at radius 2 is 2.10 bits per heavy atom. The van der Waals surface area contributed by atoms with E-state index < -0.39 is 0 Å². The van der Waals surface area contributed by atoms with Crippen LogP contribution in [0.4, 0.5) is 0 Å². The molecule has 1 saturated carbocycles. The number of hydrogen-bond donors (Lipinski definition) is 2. The van der Waals surface area contributed by atoms with E-state index in [1.165, 1.54) is 18.4 Å². The first-order valence-electron chi connectivity index (χ1n) is 7.81. The fraction of sp³-hybridized carbons (Fsp3) is 0.588. The van der Waals surface area contributed by atoms with Crippen molar-refractivity contribution < 1.29 is 4.79 Å². The van der Waals surface area contributed by atoms with E-state index in [0.29, 0.717) is 5.92 Å². The molecule has 0 heterocycles. The minimum Gasteiger partial charge on any atom is -0.355 e. The Hall–Kier alpha value is -1.00. The summed E-state index contributed by atoms with van der Waals surface area (Å²) in [4.78, 5) is 13.2. The van der Waals surface area contributed by atoms with Crippen molar-refractivity contribution in [1.29, 1.82) is 0 Å². The molecular formula is C17H26N2OS. The molecule has 1 aliphatic rings. The van der Waals surface area contributed by atoms with Crippen LogP contribution in [0.3, 0.4) is 0 Å². The SMILES string of the molecule is CC(C)CNC(=O)C(C)Sc1cccc(CNC2CC2)c1. The summed E-state index contributed by atoms with van der Waals surface area (Å²) in [5.41, 5.74) is 1.29. The topological polar surface area (TPSA) is 41.1 Å². The summed E-state index contributed by atoms with van der Waals surface area (Å²) in [6, 6.07) is 9.21. The molecule has 21 heavy (non-hydrogen) atoms. The van der Waals surface area contributed by atoms with E-state index in [1.807, 2.05) is 6.92 Å². The molecule has 0 bridgehead atoms. The predicted molar refractivity (Wildman–Crippen MR) is 89.5 cm³/mol. The maximum atomic E-state index is 12.0. The van der Waals surface area contributed by atoms with E-state index in [1.54, 1.807) is 11.8 Å². The van der Waals surface area contributed by atoms with E-state index in [2.05, 4.69) is 48.7 Å². The van der Waals surface area contributed by atoms with E-state index in [4.69, 9.17) is 0 Å².